The van der Waals surface area contributed by atoms with E-state index >= 15 is 0 Å². The van der Waals surface area contributed by atoms with E-state index in [1.165, 1.54) is 12.8 Å². The van der Waals surface area contributed by atoms with Crippen LogP contribution in [0.2, 0.25) is 0 Å². The normalized spacial score (nSPS) is 35.5. The fraction of sp³-hybridized carbons (Fsp3) is 1.00. The van der Waals surface area contributed by atoms with Crippen molar-refractivity contribution in [3.63, 3.8) is 0 Å². The summed E-state index contributed by atoms with van der Waals surface area (Å²) < 4.78 is 5.63. The molecule has 1 N–H and O–H groups in total. The summed E-state index contributed by atoms with van der Waals surface area (Å²) in [5.41, 5.74) is -0.509. The van der Waals surface area contributed by atoms with Gasteiger partial charge in [-0.3, -0.25) is 0 Å². The van der Waals surface area contributed by atoms with E-state index < -0.39 is 5.44 Å². The Kier molecular flexibility index (Phi) is 3.43. The van der Waals surface area contributed by atoms with E-state index in [9.17, 15) is 0 Å². The van der Waals surface area contributed by atoms with Crippen molar-refractivity contribution >= 4 is 22.9 Å². The number of aliphatic hydroxyl groups excluding tert-OH is 1. The molecule has 0 aromatic carbocycles. The van der Waals surface area contributed by atoms with E-state index in [0.29, 0.717) is 6.42 Å². The highest BCUT2D eigenvalue weighted by atomic mass is 32.1. The van der Waals surface area contributed by atoms with Crippen LogP contribution in [-0.4, -0.2) is 32.6 Å². The molecule has 66 valence electrons. The fourth-order valence-corrected chi connectivity index (χ4v) is 3.21. The van der Waals surface area contributed by atoms with Crippen LogP contribution < -0.4 is 0 Å². The molecule has 1 heterocycles. The number of hydrogen-bond acceptors (Lipinski definition) is 3. The first kappa shape index (κ1) is 9.57. The first-order valence-corrected chi connectivity index (χ1v) is 5.64. The van der Waals surface area contributed by atoms with Crippen molar-refractivity contribution in [1.82, 2.24) is 0 Å². The van der Waals surface area contributed by atoms with Crippen LogP contribution in [0.5, 0.6) is 0 Å². The molecule has 1 rings (SSSR count). The van der Waals surface area contributed by atoms with Crippen molar-refractivity contribution in [1.29, 1.82) is 0 Å². The van der Waals surface area contributed by atoms with Crippen LogP contribution in [0.25, 0.3) is 0 Å². The van der Waals surface area contributed by atoms with Gasteiger partial charge in [0.2, 0.25) is 0 Å². The van der Waals surface area contributed by atoms with Crippen molar-refractivity contribution in [2.75, 3.05) is 6.61 Å². The Morgan fingerprint density at radius 1 is 1.64 bits per heavy atom. The van der Waals surface area contributed by atoms with E-state index in [-0.39, 0.29) is 5.22 Å². The number of aliphatic hydroxyl groups is 1. The molecule has 0 saturated carbocycles. The van der Waals surface area contributed by atoms with Gasteiger partial charge in [0, 0.05) is 23.3 Å². The molecule has 0 aromatic heterocycles. The van der Waals surface area contributed by atoms with Crippen molar-refractivity contribution in [2.45, 2.75) is 36.3 Å². The number of thiol groups is 1. The lowest BCUT2D eigenvalue weighted by Crippen LogP contribution is -2.39. The maximum absolute atomic E-state index is 9.08. The van der Waals surface area contributed by atoms with Crippen molar-refractivity contribution in [2.24, 2.45) is 0 Å². The number of ether oxygens (including phenoxy) is 1. The van der Waals surface area contributed by atoms with Crippen LogP contribution in [0.1, 0.15) is 25.7 Å². The maximum Gasteiger partial charge on any atom is 0.0988 e. The molecule has 2 unspecified atom stereocenters. The SMILES string of the molecule is OC(S)CC1([SiH3])CCCCO1. The Labute approximate surface area is 76.2 Å². The van der Waals surface area contributed by atoms with E-state index in [0.717, 1.165) is 23.3 Å². The summed E-state index contributed by atoms with van der Waals surface area (Å²) in [6, 6.07) is 0. The first-order chi connectivity index (χ1) is 5.12. The van der Waals surface area contributed by atoms with Crippen LogP contribution >= 0.6 is 12.6 Å². The summed E-state index contributed by atoms with van der Waals surface area (Å²) >= 11 is 3.96. The van der Waals surface area contributed by atoms with Gasteiger partial charge in [-0.2, -0.15) is 0 Å². The Balaban J connectivity index is 2.37. The van der Waals surface area contributed by atoms with Gasteiger partial charge in [-0.25, -0.2) is 0 Å². The van der Waals surface area contributed by atoms with Crippen LogP contribution in [0.15, 0.2) is 0 Å². The first-order valence-electron chi connectivity index (χ1n) is 4.12. The highest BCUT2D eigenvalue weighted by molar-refractivity contribution is 7.80. The van der Waals surface area contributed by atoms with Crippen LogP contribution in [0.4, 0.5) is 0 Å². The lowest BCUT2D eigenvalue weighted by atomic mass is 10.1. The van der Waals surface area contributed by atoms with Gasteiger partial charge in [-0.1, -0.05) is 0 Å². The van der Waals surface area contributed by atoms with Crippen LogP contribution in [-0.2, 0) is 4.74 Å². The molecular formula is C7H16O2SSi. The maximum atomic E-state index is 9.08. The van der Waals surface area contributed by atoms with E-state index in [2.05, 4.69) is 12.6 Å². The third kappa shape index (κ3) is 3.15. The summed E-state index contributed by atoms with van der Waals surface area (Å²) in [5, 5.41) is 9.09. The Hall–Kier alpha value is 0.487. The van der Waals surface area contributed by atoms with Gasteiger partial charge in [0.15, 0.2) is 0 Å². The minimum atomic E-state index is -0.509. The molecule has 1 saturated heterocycles. The van der Waals surface area contributed by atoms with Gasteiger partial charge < -0.3 is 9.84 Å². The highest BCUT2D eigenvalue weighted by Crippen LogP contribution is 2.26. The van der Waals surface area contributed by atoms with Crippen LogP contribution in [0.3, 0.4) is 0 Å². The second kappa shape index (κ2) is 3.94. The Morgan fingerprint density at radius 2 is 2.36 bits per heavy atom. The summed E-state index contributed by atoms with van der Waals surface area (Å²) in [6.45, 7) is 0.865. The lowest BCUT2D eigenvalue weighted by molar-refractivity contribution is -0.0343. The quantitative estimate of drug-likeness (QED) is 0.363. The van der Waals surface area contributed by atoms with Gasteiger partial charge >= 0.3 is 0 Å². The average Bonchev–Trinajstić information content (AvgIpc) is 1.85. The standard InChI is InChI=1S/C7H16O2SSi/c8-6(10)5-7(11)3-1-2-4-9-7/h6,8,10H,1-5H2,11H3. The molecule has 0 bridgehead atoms. The third-order valence-corrected chi connectivity index (χ3v) is 3.54. The smallest absolute Gasteiger partial charge is 0.0988 e. The molecule has 1 aliphatic rings. The molecule has 2 atom stereocenters. The lowest BCUT2D eigenvalue weighted by Gasteiger charge is -2.34. The molecule has 11 heavy (non-hydrogen) atoms. The predicted molar refractivity (Wildman–Crippen MR) is 52.1 cm³/mol. The van der Waals surface area contributed by atoms with Gasteiger partial charge in [0.25, 0.3) is 0 Å². The van der Waals surface area contributed by atoms with Crippen molar-refractivity contribution < 1.29 is 9.84 Å². The van der Waals surface area contributed by atoms with Gasteiger partial charge in [0.05, 0.1) is 10.7 Å². The largest absolute Gasteiger partial charge is 0.383 e. The molecule has 0 aromatic rings. The van der Waals surface area contributed by atoms with E-state index in [1.807, 2.05) is 0 Å². The summed E-state index contributed by atoms with van der Waals surface area (Å²) in [4.78, 5) is 0. The van der Waals surface area contributed by atoms with E-state index in [1.54, 1.807) is 0 Å². The van der Waals surface area contributed by atoms with Gasteiger partial charge in [-0.05, 0) is 19.3 Å². The average molecular weight is 192 g/mol. The molecule has 0 spiro atoms. The van der Waals surface area contributed by atoms with Crippen molar-refractivity contribution in [3.8, 4) is 0 Å². The molecule has 0 amide bonds. The minimum absolute atomic E-state index is 0.0133. The molecule has 0 radical (unpaired) electrons. The van der Waals surface area contributed by atoms with Crippen LogP contribution in [0, 0.1) is 0 Å². The van der Waals surface area contributed by atoms with Gasteiger partial charge in [0.1, 0.15) is 0 Å². The van der Waals surface area contributed by atoms with Crippen molar-refractivity contribution in [3.05, 3.63) is 0 Å². The third-order valence-electron chi connectivity index (χ3n) is 2.16. The predicted octanol–water partition coefficient (Wildman–Crippen LogP) is -0.113. The second-order valence-electron chi connectivity index (χ2n) is 3.44. The summed E-state index contributed by atoms with van der Waals surface area (Å²) in [5.74, 6) is 0. The monoisotopic (exact) mass is 192 g/mol. The number of rotatable bonds is 2. The highest BCUT2D eigenvalue weighted by Gasteiger charge is 2.28. The molecule has 0 aliphatic carbocycles. The topological polar surface area (TPSA) is 29.5 Å². The zero-order chi connectivity index (χ0) is 8.32. The number of hydrogen-bond donors (Lipinski definition) is 2. The summed E-state index contributed by atoms with van der Waals surface area (Å²) in [7, 11) is 0.997. The molecular weight excluding hydrogens is 176 g/mol. The Morgan fingerprint density at radius 3 is 2.82 bits per heavy atom. The fourth-order valence-electron chi connectivity index (χ4n) is 1.54. The Bertz CT molecular complexity index is 124. The second-order valence-corrected chi connectivity index (χ2v) is 5.86. The van der Waals surface area contributed by atoms with Gasteiger partial charge in [-0.15, -0.1) is 12.6 Å². The minimum Gasteiger partial charge on any atom is -0.383 e. The molecule has 4 heteroatoms. The zero-order valence-electron chi connectivity index (χ0n) is 6.92. The summed E-state index contributed by atoms with van der Waals surface area (Å²) in [6.07, 6.45) is 4.22. The molecule has 1 fully saturated rings. The molecule has 1 aliphatic heterocycles. The zero-order valence-corrected chi connectivity index (χ0v) is 9.81. The molecule has 2 nitrogen and oxygen atoms in total. The van der Waals surface area contributed by atoms with E-state index in [4.69, 9.17) is 9.84 Å².